The van der Waals surface area contributed by atoms with Crippen molar-refractivity contribution in [1.29, 1.82) is 5.26 Å². The topological polar surface area (TPSA) is 44.1 Å². The van der Waals surface area contributed by atoms with Gasteiger partial charge in [0.05, 0.1) is 6.07 Å². The van der Waals surface area contributed by atoms with E-state index in [0.29, 0.717) is 6.54 Å². The van der Waals surface area contributed by atoms with Crippen molar-refractivity contribution in [1.82, 2.24) is 4.90 Å². The van der Waals surface area contributed by atoms with E-state index in [4.69, 9.17) is 0 Å². The Morgan fingerprint density at radius 2 is 2.00 bits per heavy atom. The lowest BCUT2D eigenvalue weighted by molar-refractivity contribution is -0.135. The van der Waals surface area contributed by atoms with Gasteiger partial charge in [0.2, 0.25) is 5.91 Å². The third-order valence-electron chi connectivity index (χ3n) is 2.90. The lowest BCUT2D eigenvalue weighted by Crippen LogP contribution is -2.47. The van der Waals surface area contributed by atoms with Gasteiger partial charge in [-0.1, -0.05) is 36.4 Å². The first-order valence-electron chi connectivity index (χ1n) is 6.28. The first kappa shape index (κ1) is 15.0. The van der Waals surface area contributed by atoms with Crippen LogP contribution in [0.5, 0.6) is 0 Å². The molecule has 0 spiro atoms. The molecule has 1 amide bonds. The molecule has 0 saturated heterocycles. The predicted molar refractivity (Wildman–Crippen MR) is 76.5 cm³/mol. The number of amides is 1. The number of hydrogen-bond donors (Lipinski definition) is 0. The first-order valence-corrected chi connectivity index (χ1v) is 6.28. The summed E-state index contributed by atoms with van der Waals surface area (Å²) in [6.45, 7) is 9.97. The Morgan fingerprint density at radius 3 is 2.42 bits per heavy atom. The summed E-state index contributed by atoms with van der Waals surface area (Å²) in [5.74, 6) is -0.943. The van der Waals surface area contributed by atoms with Crippen molar-refractivity contribution in [2.45, 2.75) is 32.2 Å². The predicted octanol–water partition coefficient (Wildman–Crippen LogP) is 3.11. The molecule has 3 nitrogen and oxygen atoms in total. The van der Waals surface area contributed by atoms with Crippen LogP contribution in [0.2, 0.25) is 0 Å². The van der Waals surface area contributed by atoms with Gasteiger partial charge in [0, 0.05) is 12.1 Å². The van der Waals surface area contributed by atoms with E-state index in [1.807, 2.05) is 39.0 Å². The summed E-state index contributed by atoms with van der Waals surface area (Å²) in [7, 11) is 0. The lowest BCUT2D eigenvalue weighted by atomic mass is 9.96. The quantitative estimate of drug-likeness (QED) is 0.777. The zero-order valence-electron chi connectivity index (χ0n) is 11.8. The van der Waals surface area contributed by atoms with Crippen LogP contribution in [0.3, 0.4) is 0 Å². The maximum Gasteiger partial charge on any atom is 0.245 e. The molecule has 0 radical (unpaired) electrons. The summed E-state index contributed by atoms with van der Waals surface area (Å²) in [5, 5.41) is 9.31. The number of nitrogens with zero attached hydrogens (tertiary/aromatic N) is 2. The summed E-state index contributed by atoms with van der Waals surface area (Å²) >= 11 is 0. The number of benzene rings is 1. The van der Waals surface area contributed by atoms with Crippen LogP contribution in [-0.2, 0) is 4.79 Å². The molecular formula is C16H20N2O. The third kappa shape index (κ3) is 3.69. The largest absolute Gasteiger partial charge is 0.333 e. The van der Waals surface area contributed by atoms with Crippen LogP contribution < -0.4 is 0 Å². The van der Waals surface area contributed by atoms with Crippen molar-refractivity contribution in [3.63, 3.8) is 0 Å². The van der Waals surface area contributed by atoms with Crippen LogP contribution in [-0.4, -0.2) is 22.9 Å². The molecule has 0 aromatic heterocycles. The first-order chi connectivity index (χ1) is 8.91. The van der Waals surface area contributed by atoms with Gasteiger partial charge in [0.1, 0.15) is 5.92 Å². The van der Waals surface area contributed by atoms with Crippen LogP contribution in [0.25, 0.3) is 0 Å². The zero-order valence-corrected chi connectivity index (χ0v) is 11.8. The molecule has 0 heterocycles. The number of nitriles is 1. The van der Waals surface area contributed by atoms with Gasteiger partial charge >= 0.3 is 0 Å². The highest BCUT2D eigenvalue weighted by molar-refractivity contribution is 5.87. The molecule has 0 aliphatic carbocycles. The second-order valence-electron chi connectivity index (χ2n) is 5.38. The average Bonchev–Trinajstić information content (AvgIpc) is 2.36. The van der Waals surface area contributed by atoms with E-state index in [1.165, 1.54) is 0 Å². The second kappa shape index (κ2) is 6.19. The van der Waals surface area contributed by atoms with Crippen molar-refractivity contribution >= 4 is 5.91 Å². The standard InChI is InChI=1S/C16H20N2O/c1-5-11-18(16(2,3)4)15(19)14(12-17)13-9-7-6-8-10-13/h5-10,14H,1,11H2,2-4H3. The van der Waals surface area contributed by atoms with E-state index in [9.17, 15) is 10.1 Å². The fourth-order valence-electron chi connectivity index (χ4n) is 1.90. The Morgan fingerprint density at radius 1 is 1.42 bits per heavy atom. The SMILES string of the molecule is C=CCN(C(=O)C(C#N)c1ccccc1)C(C)(C)C. The Hall–Kier alpha value is -2.08. The van der Waals surface area contributed by atoms with Crippen LogP contribution in [0.1, 0.15) is 32.3 Å². The molecule has 100 valence electrons. The second-order valence-corrected chi connectivity index (χ2v) is 5.38. The normalized spacial score (nSPS) is 12.3. The minimum absolute atomic E-state index is 0.180. The summed E-state index contributed by atoms with van der Waals surface area (Å²) in [4.78, 5) is 14.2. The van der Waals surface area contributed by atoms with Crippen molar-refractivity contribution in [3.05, 3.63) is 48.6 Å². The minimum Gasteiger partial charge on any atom is -0.333 e. The third-order valence-corrected chi connectivity index (χ3v) is 2.90. The number of carbonyl (C=O) groups is 1. The molecule has 0 N–H and O–H groups in total. The highest BCUT2D eigenvalue weighted by atomic mass is 16.2. The highest BCUT2D eigenvalue weighted by Crippen LogP contribution is 2.23. The Kier molecular flexibility index (Phi) is 4.88. The minimum atomic E-state index is -0.764. The van der Waals surface area contributed by atoms with Crippen molar-refractivity contribution < 1.29 is 4.79 Å². The fourth-order valence-corrected chi connectivity index (χ4v) is 1.90. The molecular weight excluding hydrogens is 236 g/mol. The molecule has 0 bridgehead atoms. The van der Waals surface area contributed by atoms with Gasteiger partial charge in [-0.2, -0.15) is 5.26 Å². The molecule has 0 saturated carbocycles. The van der Waals surface area contributed by atoms with Crippen molar-refractivity contribution in [3.8, 4) is 6.07 Å². The molecule has 3 heteroatoms. The average molecular weight is 256 g/mol. The Bertz CT molecular complexity index is 480. The molecule has 1 aromatic carbocycles. The lowest BCUT2D eigenvalue weighted by Gasteiger charge is -2.36. The maximum atomic E-state index is 12.6. The zero-order chi connectivity index (χ0) is 14.5. The van der Waals surface area contributed by atoms with Gasteiger partial charge in [-0.15, -0.1) is 6.58 Å². The van der Waals surface area contributed by atoms with E-state index in [-0.39, 0.29) is 11.4 Å². The fraction of sp³-hybridized carbons (Fsp3) is 0.375. The molecule has 1 rings (SSSR count). The molecule has 0 aliphatic heterocycles. The molecule has 19 heavy (non-hydrogen) atoms. The smallest absolute Gasteiger partial charge is 0.245 e. The van der Waals surface area contributed by atoms with Crippen LogP contribution in [0.15, 0.2) is 43.0 Å². The van der Waals surface area contributed by atoms with Gasteiger partial charge in [-0.25, -0.2) is 0 Å². The number of hydrogen-bond acceptors (Lipinski definition) is 2. The molecule has 1 atom stereocenters. The van der Waals surface area contributed by atoms with Gasteiger partial charge in [0.25, 0.3) is 0 Å². The molecule has 1 unspecified atom stereocenters. The Labute approximate surface area is 115 Å². The monoisotopic (exact) mass is 256 g/mol. The molecule has 0 aliphatic rings. The Balaban J connectivity index is 3.08. The maximum absolute atomic E-state index is 12.6. The summed E-state index contributed by atoms with van der Waals surface area (Å²) in [6, 6.07) is 11.3. The van der Waals surface area contributed by atoms with Gasteiger partial charge in [-0.05, 0) is 26.3 Å². The van der Waals surface area contributed by atoms with Gasteiger partial charge in [-0.3, -0.25) is 4.79 Å². The number of rotatable bonds is 4. The van der Waals surface area contributed by atoms with Crippen molar-refractivity contribution in [2.75, 3.05) is 6.54 Å². The number of carbonyl (C=O) groups excluding carboxylic acids is 1. The summed E-state index contributed by atoms with van der Waals surface area (Å²) in [6.07, 6.45) is 1.68. The summed E-state index contributed by atoms with van der Waals surface area (Å²) in [5.41, 5.74) is 0.392. The molecule has 0 fully saturated rings. The van der Waals surface area contributed by atoms with E-state index < -0.39 is 5.92 Å². The van der Waals surface area contributed by atoms with Crippen LogP contribution in [0.4, 0.5) is 0 Å². The van der Waals surface area contributed by atoms with Gasteiger partial charge in [0.15, 0.2) is 0 Å². The van der Waals surface area contributed by atoms with E-state index in [2.05, 4.69) is 12.6 Å². The highest BCUT2D eigenvalue weighted by Gasteiger charge is 2.31. The van der Waals surface area contributed by atoms with E-state index in [1.54, 1.807) is 23.1 Å². The summed E-state index contributed by atoms with van der Waals surface area (Å²) < 4.78 is 0. The van der Waals surface area contributed by atoms with Crippen LogP contribution in [0, 0.1) is 11.3 Å². The van der Waals surface area contributed by atoms with Crippen LogP contribution >= 0.6 is 0 Å². The van der Waals surface area contributed by atoms with E-state index in [0.717, 1.165) is 5.56 Å². The van der Waals surface area contributed by atoms with E-state index >= 15 is 0 Å². The molecule has 1 aromatic rings. The van der Waals surface area contributed by atoms with Crippen molar-refractivity contribution in [2.24, 2.45) is 0 Å². The van der Waals surface area contributed by atoms with Gasteiger partial charge < -0.3 is 4.90 Å².